The topological polar surface area (TPSA) is 99.8 Å². The van der Waals surface area contributed by atoms with Crippen LogP contribution in [0.2, 0.25) is 0 Å². The van der Waals surface area contributed by atoms with Crippen LogP contribution in [0.25, 0.3) is 28.1 Å². The largest absolute Gasteiger partial charge is 0.390 e. The molecule has 0 saturated carbocycles. The van der Waals surface area contributed by atoms with E-state index in [1.54, 1.807) is 6.20 Å². The van der Waals surface area contributed by atoms with Crippen LogP contribution in [0.4, 0.5) is 0 Å². The van der Waals surface area contributed by atoms with Crippen LogP contribution in [0.3, 0.4) is 0 Å². The predicted octanol–water partition coefficient (Wildman–Crippen LogP) is 3.25. The summed E-state index contributed by atoms with van der Waals surface area (Å²) in [5.74, 6) is 1.01. The van der Waals surface area contributed by atoms with Crippen molar-refractivity contribution in [1.82, 2.24) is 24.7 Å². The quantitative estimate of drug-likeness (QED) is 0.479. The molecule has 0 aliphatic carbocycles. The van der Waals surface area contributed by atoms with Gasteiger partial charge in [-0.3, -0.25) is 5.10 Å². The maximum absolute atomic E-state index is 10.5. The van der Waals surface area contributed by atoms with Gasteiger partial charge in [-0.05, 0) is 36.6 Å². The molecule has 0 fully saturated rings. The summed E-state index contributed by atoms with van der Waals surface area (Å²) in [4.78, 5) is 8.74. The maximum atomic E-state index is 10.5. The van der Waals surface area contributed by atoms with Crippen LogP contribution in [0.5, 0.6) is 0 Å². The number of fused-ring (bicyclic) bond motifs is 1. The van der Waals surface area contributed by atoms with E-state index in [0.717, 1.165) is 22.3 Å². The summed E-state index contributed by atoms with van der Waals surface area (Å²) in [5.41, 5.74) is 3.28. The molecule has 0 saturated heterocycles. The minimum atomic E-state index is -0.947. The van der Waals surface area contributed by atoms with Gasteiger partial charge in [-0.2, -0.15) is 5.10 Å². The summed E-state index contributed by atoms with van der Waals surface area (Å²) >= 11 is 0. The Morgan fingerprint density at radius 2 is 1.96 bits per heavy atom. The Balaban J connectivity index is 1.66. The molecule has 1 aromatic carbocycles. The Morgan fingerprint density at radius 1 is 1.11 bits per heavy atom. The van der Waals surface area contributed by atoms with Gasteiger partial charge in [-0.15, -0.1) is 0 Å². The third kappa shape index (κ3) is 3.54. The molecule has 0 aliphatic rings. The van der Waals surface area contributed by atoms with Crippen LogP contribution in [0.15, 0.2) is 55.1 Å². The first kappa shape index (κ1) is 18.3. The number of benzene rings is 1. The molecular weight excluding hydrogens is 354 g/mol. The minimum absolute atomic E-state index is 0.305. The van der Waals surface area contributed by atoms with Crippen LogP contribution < -0.4 is 0 Å². The fourth-order valence-corrected chi connectivity index (χ4v) is 3.39. The number of pyridine rings is 1. The molecule has 0 aliphatic heterocycles. The number of aromatic nitrogens is 5. The average molecular weight is 377 g/mol. The number of H-pyrrole nitrogens is 1. The second kappa shape index (κ2) is 7.53. The normalized spacial score (nSPS) is 13.9. The first-order valence-corrected chi connectivity index (χ1v) is 9.32. The molecule has 3 heterocycles. The lowest BCUT2D eigenvalue weighted by Crippen LogP contribution is -2.20. The molecule has 3 N–H and O–H groups in total. The Kier molecular flexibility index (Phi) is 4.93. The zero-order valence-corrected chi connectivity index (χ0v) is 15.8. The van der Waals surface area contributed by atoms with Crippen LogP contribution in [0.1, 0.15) is 31.9 Å². The minimum Gasteiger partial charge on any atom is -0.390 e. The molecule has 7 heteroatoms. The van der Waals surface area contributed by atoms with Gasteiger partial charge in [0.1, 0.15) is 18.1 Å². The summed E-state index contributed by atoms with van der Waals surface area (Å²) in [6.07, 6.45) is 3.84. The number of nitrogens with zero attached hydrogens (tertiary/aromatic N) is 4. The zero-order valence-electron chi connectivity index (χ0n) is 15.8. The van der Waals surface area contributed by atoms with Crippen molar-refractivity contribution in [3.8, 4) is 17.1 Å². The lowest BCUT2D eigenvalue weighted by molar-refractivity contribution is 0.00624. The highest BCUT2D eigenvalue weighted by Gasteiger charge is 2.20. The molecule has 2 atom stereocenters. The Bertz CT molecular complexity index is 1070. The second-order valence-corrected chi connectivity index (χ2v) is 7.39. The smallest absolute Gasteiger partial charge is 0.155 e. The van der Waals surface area contributed by atoms with Crippen molar-refractivity contribution < 1.29 is 10.2 Å². The van der Waals surface area contributed by atoms with E-state index in [0.29, 0.717) is 23.7 Å². The number of aliphatic hydroxyl groups is 2. The van der Waals surface area contributed by atoms with Gasteiger partial charge < -0.3 is 14.8 Å². The first-order chi connectivity index (χ1) is 13.5. The summed E-state index contributed by atoms with van der Waals surface area (Å²) in [6.45, 7) is 4.04. The number of rotatable bonds is 6. The Hall–Kier alpha value is -3.03. The van der Waals surface area contributed by atoms with E-state index in [4.69, 9.17) is 0 Å². The van der Waals surface area contributed by atoms with Crippen molar-refractivity contribution in [2.45, 2.75) is 32.5 Å². The van der Waals surface area contributed by atoms with Crippen LogP contribution in [-0.2, 0) is 0 Å². The first-order valence-electron chi connectivity index (χ1n) is 9.32. The van der Waals surface area contributed by atoms with Crippen molar-refractivity contribution in [1.29, 1.82) is 0 Å². The molecule has 144 valence electrons. The zero-order chi connectivity index (χ0) is 19.7. The SMILES string of the molecule is CC(C)CC(O)[C@H](O)c1cnc2c(ccn2-c2cccc(-c3ncn[nH]3)c2)c1. The molecular formula is C21H23N5O2. The highest BCUT2D eigenvalue weighted by Crippen LogP contribution is 2.27. The third-order valence-electron chi connectivity index (χ3n) is 4.78. The van der Waals surface area contributed by atoms with Crippen molar-refractivity contribution in [3.63, 3.8) is 0 Å². The monoisotopic (exact) mass is 377 g/mol. The number of hydrogen-bond donors (Lipinski definition) is 3. The van der Waals surface area contributed by atoms with Gasteiger partial charge in [0.25, 0.3) is 0 Å². The summed E-state index contributed by atoms with van der Waals surface area (Å²) < 4.78 is 1.98. The van der Waals surface area contributed by atoms with E-state index in [-0.39, 0.29) is 0 Å². The lowest BCUT2D eigenvalue weighted by atomic mass is 9.97. The number of aromatic amines is 1. The molecule has 0 amide bonds. The molecule has 0 spiro atoms. The standard InChI is InChI=1S/C21H23N5O2/c1-13(2)8-18(27)19(28)16-9-15-6-7-26(21(15)22-11-16)17-5-3-4-14(10-17)20-23-12-24-25-20/h3-7,9-13,18-19,27-28H,8H2,1-2H3,(H,23,24,25)/t18?,19-/m1/s1. The fraction of sp³-hybridized carbons (Fsp3) is 0.286. The van der Waals surface area contributed by atoms with Crippen LogP contribution in [0, 0.1) is 5.92 Å². The van der Waals surface area contributed by atoms with E-state index < -0.39 is 12.2 Å². The number of aliphatic hydroxyl groups excluding tert-OH is 2. The summed E-state index contributed by atoms with van der Waals surface area (Å²) in [7, 11) is 0. The van der Waals surface area contributed by atoms with Crippen molar-refractivity contribution in [2.75, 3.05) is 0 Å². The Morgan fingerprint density at radius 3 is 2.71 bits per heavy atom. The highest BCUT2D eigenvalue weighted by atomic mass is 16.3. The van der Waals surface area contributed by atoms with Crippen molar-refractivity contribution in [2.24, 2.45) is 5.92 Å². The maximum Gasteiger partial charge on any atom is 0.155 e. The van der Waals surface area contributed by atoms with E-state index in [1.807, 2.05) is 61.0 Å². The van der Waals surface area contributed by atoms with Gasteiger partial charge in [-0.25, -0.2) is 9.97 Å². The van der Waals surface area contributed by atoms with Gasteiger partial charge in [0.15, 0.2) is 5.82 Å². The molecule has 28 heavy (non-hydrogen) atoms. The summed E-state index contributed by atoms with van der Waals surface area (Å²) in [6, 6.07) is 11.8. The lowest BCUT2D eigenvalue weighted by Gasteiger charge is -2.19. The predicted molar refractivity (Wildman–Crippen MR) is 107 cm³/mol. The van der Waals surface area contributed by atoms with E-state index in [1.165, 1.54) is 6.33 Å². The number of nitrogens with one attached hydrogen (secondary N) is 1. The van der Waals surface area contributed by atoms with Crippen molar-refractivity contribution in [3.05, 3.63) is 60.7 Å². The molecule has 0 radical (unpaired) electrons. The van der Waals surface area contributed by atoms with Crippen molar-refractivity contribution >= 4 is 11.0 Å². The van der Waals surface area contributed by atoms with Gasteiger partial charge in [0, 0.05) is 34.6 Å². The molecule has 1 unspecified atom stereocenters. The van der Waals surface area contributed by atoms with E-state index in [9.17, 15) is 10.2 Å². The number of hydrogen-bond acceptors (Lipinski definition) is 5. The van der Waals surface area contributed by atoms with Gasteiger partial charge in [-0.1, -0.05) is 26.0 Å². The molecule has 3 aromatic heterocycles. The second-order valence-electron chi connectivity index (χ2n) is 7.39. The van der Waals surface area contributed by atoms with Gasteiger partial charge in [0.05, 0.1) is 6.10 Å². The van der Waals surface area contributed by atoms with Crippen LogP contribution >= 0.6 is 0 Å². The summed E-state index contributed by atoms with van der Waals surface area (Å²) in [5, 5.41) is 28.3. The average Bonchev–Trinajstić information content (AvgIpc) is 3.36. The molecule has 4 rings (SSSR count). The van der Waals surface area contributed by atoms with Gasteiger partial charge in [0.2, 0.25) is 0 Å². The third-order valence-corrected chi connectivity index (χ3v) is 4.78. The molecule has 4 aromatic rings. The molecule has 7 nitrogen and oxygen atoms in total. The molecule has 0 bridgehead atoms. The Labute approximate surface area is 162 Å². The fourth-order valence-electron chi connectivity index (χ4n) is 3.39. The van der Waals surface area contributed by atoms with E-state index >= 15 is 0 Å². The van der Waals surface area contributed by atoms with E-state index in [2.05, 4.69) is 20.2 Å². The van der Waals surface area contributed by atoms with Gasteiger partial charge >= 0.3 is 0 Å². The highest BCUT2D eigenvalue weighted by molar-refractivity contribution is 5.79. The van der Waals surface area contributed by atoms with Crippen LogP contribution in [-0.4, -0.2) is 41.0 Å².